The average molecular weight is 355 g/mol. The quantitative estimate of drug-likeness (QED) is 0.594. The lowest BCUT2D eigenvalue weighted by Crippen LogP contribution is -2.05. The zero-order valence-electron chi connectivity index (χ0n) is 10.9. The summed E-state index contributed by atoms with van der Waals surface area (Å²) in [6, 6.07) is 5.31. The number of imidazole rings is 1. The molecule has 0 radical (unpaired) electrons. The van der Waals surface area contributed by atoms with Crippen LogP contribution in [0.3, 0.4) is 0 Å². The molecule has 2 aromatic heterocycles. The van der Waals surface area contributed by atoms with Crippen molar-refractivity contribution in [2.45, 2.75) is 13.1 Å². The zero-order valence-corrected chi connectivity index (χ0v) is 12.5. The van der Waals surface area contributed by atoms with Crippen molar-refractivity contribution in [1.29, 1.82) is 0 Å². The Morgan fingerprint density at radius 2 is 2.00 bits per heavy atom. The Labute approximate surface area is 127 Å². The monoisotopic (exact) mass is 354 g/mol. The van der Waals surface area contributed by atoms with E-state index in [1.807, 2.05) is 13.1 Å². The smallest absolute Gasteiger partial charge is 0.305 e. The van der Waals surface area contributed by atoms with E-state index >= 15 is 0 Å². The molecule has 0 spiro atoms. The predicted octanol–water partition coefficient (Wildman–Crippen LogP) is 5.09. The van der Waals surface area contributed by atoms with Crippen molar-refractivity contribution < 1.29 is 13.2 Å². The van der Waals surface area contributed by atoms with Crippen LogP contribution in [0.5, 0.6) is 0 Å². The summed E-state index contributed by atoms with van der Waals surface area (Å²) in [7, 11) is 0. The number of alkyl halides is 3. The van der Waals surface area contributed by atoms with E-state index in [1.165, 1.54) is 6.07 Å². The van der Waals surface area contributed by atoms with Crippen molar-refractivity contribution in [2.75, 3.05) is 0 Å². The third-order valence-corrected chi connectivity index (χ3v) is 4.16. The van der Waals surface area contributed by atoms with Gasteiger partial charge in [-0.2, -0.15) is 13.2 Å². The summed E-state index contributed by atoms with van der Waals surface area (Å²) in [5.74, 6) is 0. The Morgan fingerprint density at radius 1 is 1.24 bits per heavy atom. The van der Waals surface area contributed by atoms with Crippen molar-refractivity contribution in [3.05, 3.63) is 58.5 Å². The van der Waals surface area contributed by atoms with Gasteiger partial charge in [0.05, 0.1) is 5.56 Å². The Morgan fingerprint density at radius 3 is 2.71 bits per heavy atom. The molecule has 0 saturated carbocycles. The van der Waals surface area contributed by atoms with Crippen LogP contribution in [0.15, 0.2) is 47.3 Å². The zero-order chi connectivity index (χ0) is 15.2. The van der Waals surface area contributed by atoms with Gasteiger partial charge in [0, 0.05) is 28.6 Å². The lowest BCUT2D eigenvalue weighted by Gasteiger charge is -2.13. The molecule has 3 aromatic rings. The molecule has 3 rings (SSSR count). The predicted molar refractivity (Wildman–Crippen MR) is 78.1 cm³/mol. The molecular weight excluding hydrogens is 345 g/mol. The van der Waals surface area contributed by atoms with Crippen LogP contribution < -0.4 is 0 Å². The van der Waals surface area contributed by atoms with E-state index in [9.17, 15) is 13.2 Å². The van der Waals surface area contributed by atoms with Gasteiger partial charge in [0.15, 0.2) is 0 Å². The highest BCUT2D eigenvalue weighted by Crippen LogP contribution is 2.36. The fraction of sp³-hybridized carbons (Fsp3) is 0.133. The van der Waals surface area contributed by atoms with Gasteiger partial charge in [-0.25, -0.2) is 4.98 Å². The molecular formula is C15H10BrF3N2. The number of hydrogen-bond donors (Lipinski definition) is 0. The van der Waals surface area contributed by atoms with Crippen LogP contribution >= 0.6 is 15.9 Å². The molecule has 0 bridgehead atoms. The summed E-state index contributed by atoms with van der Waals surface area (Å²) in [4.78, 5) is 4.25. The normalized spacial score (nSPS) is 12.0. The van der Waals surface area contributed by atoms with Crippen LogP contribution in [0, 0.1) is 6.92 Å². The summed E-state index contributed by atoms with van der Waals surface area (Å²) >= 11 is 3.44. The number of hydrogen-bond acceptors (Lipinski definition) is 1. The number of pyridine rings is 1. The van der Waals surface area contributed by atoms with Gasteiger partial charge in [-0.15, -0.1) is 0 Å². The van der Waals surface area contributed by atoms with Crippen LogP contribution in [0.25, 0.3) is 16.8 Å². The lowest BCUT2D eigenvalue weighted by atomic mass is 10.00. The molecule has 0 aliphatic heterocycles. The summed E-state index contributed by atoms with van der Waals surface area (Å²) in [6.45, 7) is 1.86. The number of fused-ring (bicyclic) bond motifs is 1. The van der Waals surface area contributed by atoms with Crippen molar-refractivity contribution in [3.63, 3.8) is 0 Å². The first kappa shape index (κ1) is 14.1. The van der Waals surface area contributed by atoms with Crippen molar-refractivity contribution >= 4 is 21.6 Å². The molecule has 0 atom stereocenters. The van der Waals surface area contributed by atoms with Gasteiger partial charge in [-0.3, -0.25) is 0 Å². The van der Waals surface area contributed by atoms with E-state index in [0.29, 0.717) is 16.8 Å². The highest BCUT2D eigenvalue weighted by Gasteiger charge is 2.30. The van der Waals surface area contributed by atoms with Crippen LogP contribution in [-0.4, -0.2) is 9.38 Å². The second-order valence-electron chi connectivity index (χ2n) is 4.71. The number of aromatic nitrogens is 2. The lowest BCUT2D eigenvalue weighted by molar-refractivity contribution is -0.137. The Balaban J connectivity index is 2.30. The van der Waals surface area contributed by atoms with Gasteiger partial charge in [-0.05, 0) is 46.1 Å². The van der Waals surface area contributed by atoms with Crippen LogP contribution in [0.4, 0.5) is 13.2 Å². The number of halogens is 4. The van der Waals surface area contributed by atoms with Crippen molar-refractivity contribution in [3.8, 4) is 11.1 Å². The molecule has 108 valence electrons. The third-order valence-electron chi connectivity index (χ3n) is 3.36. The van der Waals surface area contributed by atoms with Gasteiger partial charge < -0.3 is 4.40 Å². The highest BCUT2D eigenvalue weighted by molar-refractivity contribution is 9.10. The maximum atomic E-state index is 12.9. The Bertz CT molecular complexity index is 821. The summed E-state index contributed by atoms with van der Waals surface area (Å²) in [6.07, 6.45) is 0.866. The molecule has 2 nitrogen and oxygen atoms in total. The van der Waals surface area contributed by atoms with E-state index in [4.69, 9.17) is 0 Å². The van der Waals surface area contributed by atoms with Crippen LogP contribution in [0.1, 0.15) is 11.1 Å². The molecule has 0 fully saturated rings. The average Bonchev–Trinajstić information content (AvgIpc) is 2.87. The minimum absolute atomic E-state index is 0.500. The number of nitrogens with zero attached hydrogens (tertiary/aromatic N) is 2. The minimum atomic E-state index is -4.36. The molecule has 0 aliphatic rings. The van der Waals surface area contributed by atoms with Gasteiger partial charge in [-0.1, -0.05) is 12.1 Å². The van der Waals surface area contributed by atoms with Gasteiger partial charge in [0.25, 0.3) is 0 Å². The van der Waals surface area contributed by atoms with E-state index in [2.05, 4.69) is 20.9 Å². The Hall–Kier alpha value is -1.82. The SMILES string of the molecule is Cc1c(Br)cn2ccnc2c1-c1cccc(C(F)(F)F)c1. The molecule has 2 heterocycles. The van der Waals surface area contributed by atoms with E-state index in [0.717, 1.165) is 22.2 Å². The number of rotatable bonds is 1. The van der Waals surface area contributed by atoms with E-state index in [-0.39, 0.29) is 0 Å². The molecule has 21 heavy (non-hydrogen) atoms. The van der Waals surface area contributed by atoms with Gasteiger partial charge >= 0.3 is 6.18 Å². The topological polar surface area (TPSA) is 17.3 Å². The summed E-state index contributed by atoms with van der Waals surface area (Å²) < 4.78 is 41.3. The van der Waals surface area contributed by atoms with Crippen molar-refractivity contribution in [1.82, 2.24) is 9.38 Å². The molecule has 0 N–H and O–H groups in total. The minimum Gasteiger partial charge on any atom is -0.305 e. The Kier molecular flexibility index (Phi) is 3.28. The maximum absolute atomic E-state index is 12.9. The second kappa shape index (κ2) is 4.87. The largest absolute Gasteiger partial charge is 0.416 e. The standard InChI is InChI=1S/C15H10BrF3N2/c1-9-12(16)8-21-6-5-20-14(21)13(9)10-3-2-4-11(7-10)15(17,18)19/h2-8H,1H3. The first-order chi connectivity index (χ1) is 9.88. The van der Waals surface area contributed by atoms with Gasteiger partial charge in [0.2, 0.25) is 0 Å². The van der Waals surface area contributed by atoms with Crippen LogP contribution in [-0.2, 0) is 6.18 Å². The molecule has 1 aromatic carbocycles. The first-order valence-corrected chi connectivity index (χ1v) is 6.96. The first-order valence-electron chi connectivity index (χ1n) is 6.17. The molecule has 0 amide bonds. The number of benzene rings is 1. The van der Waals surface area contributed by atoms with Crippen molar-refractivity contribution in [2.24, 2.45) is 0 Å². The summed E-state index contributed by atoms with van der Waals surface area (Å²) in [5, 5.41) is 0. The second-order valence-corrected chi connectivity index (χ2v) is 5.57. The molecule has 0 aliphatic carbocycles. The molecule has 6 heteroatoms. The third kappa shape index (κ3) is 2.44. The highest BCUT2D eigenvalue weighted by atomic mass is 79.9. The fourth-order valence-electron chi connectivity index (χ4n) is 2.31. The maximum Gasteiger partial charge on any atom is 0.416 e. The van der Waals surface area contributed by atoms with Gasteiger partial charge in [0.1, 0.15) is 5.65 Å². The molecule has 0 saturated heterocycles. The van der Waals surface area contributed by atoms with Crippen LogP contribution in [0.2, 0.25) is 0 Å². The van der Waals surface area contributed by atoms with E-state index < -0.39 is 11.7 Å². The van der Waals surface area contributed by atoms with E-state index in [1.54, 1.807) is 22.9 Å². The molecule has 0 unspecified atom stereocenters. The summed E-state index contributed by atoms with van der Waals surface area (Å²) in [5.41, 5.74) is 2.02. The fourth-order valence-corrected chi connectivity index (χ4v) is 2.73.